The summed E-state index contributed by atoms with van der Waals surface area (Å²) in [7, 11) is 1.17. The van der Waals surface area contributed by atoms with Crippen LogP contribution in [0.1, 0.15) is 124 Å². The van der Waals surface area contributed by atoms with E-state index < -0.39 is 60.0 Å². The summed E-state index contributed by atoms with van der Waals surface area (Å²) in [5, 5.41) is 14.2. The number of carbonyl (C=O) groups is 3. The molecule has 0 heterocycles. The second-order valence-corrected chi connectivity index (χ2v) is 13.9. The van der Waals surface area contributed by atoms with E-state index in [4.69, 9.17) is 14.2 Å². The van der Waals surface area contributed by atoms with E-state index in [1.807, 2.05) is 0 Å². The Morgan fingerprint density at radius 1 is 0.941 bits per heavy atom. The first kappa shape index (κ1) is 45.5. The second kappa shape index (κ2) is 23.9. The third-order valence-corrected chi connectivity index (χ3v) is 8.32. The summed E-state index contributed by atoms with van der Waals surface area (Å²) in [5.41, 5.74) is -2.99. The van der Waals surface area contributed by atoms with Crippen LogP contribution in [0.25, 0.3) is 0 Å². The average molecular weight is 724 g/mol. The molecule has 0 fully saturated rings. The van der Waals surface area contributed by atoms with Crippen molar-refractivity contribution in [1.29, 1.82) is 0 Å². The monoisotopic (exact) mass is 723 g/mol. The Balaban J connectivity index is 3.05. The predicted molar refractivity (Wildman–Crippen MR) is 193 cm³/mol. The zero-order chi connectivity index (χ0) is 38.3. The number of halogens is 3. The van der Waals surface area contributed by atoms with Crippen LogP contribution >= 0.6 is 0 Å². The third kappa shape index (κ3) is 18.5. The highest BCUT2D eigenvalue weighted by Crippen LogP contribution is 2.30. The topological polar surface area (TPSA) is 111 Å². The number of methoxy groups -OCH3 is 1. The number of alkyl halides is 3. The molecular weight excluding hydrogens is 663 g/mol. The van der Waals surface area contributed by atoms with E-state index in [1.165, 1.54) is 13.2 Å². The molecule has 0 aliphatic heterocycles. The molecule has 0 unspecified atom stereocenters. The van der Waals surface area contributed by atoms with Gasteiger partial charge in [-0.2, -0.15) is 0 Å². The van der Waals surface area contributed by atoms with Gasteiger partial charge in [-0.25, -0.2) is 18.4 Å². The summed E-state index contributed by atoms with van der Waals surface area (Å²) in [4.78, 5) is 39.9. The largest absolute Gasteiger partial charge is 0.481 e. The molecule has 0 aromatic heterocycles. The summed E-state index contributed by atoms with van der Waals surface area (Å²) in [6, 6.07) is 5.60. The fourth-order valence-corrected chi connectivity index (χ4v) is 5.45. The number of amides is 1. The number of hydrogen-bond acceptors (Lipinski definition) is 7. The molecule has 1 amide bonds. The van der Waals surface area contributed by atoms with Crippen LogP contribution in [0.5, 0.6) is 5.75 Å². The van der Waals surface area contributed by atoms with Crippen molar-refractivity contribution in [3.63, 3.8) is 0 Å². The number of unbranched alkanes of at least 4 members (excludes halogenated alkanes) is 8. The lowest BCUT2D eigenvalue weighted by Crippen LogP contribution is -2.56. The number of esters is 2. The van der Waals surface area contributed by atoms with Crippen LogP contribution in [-0.2, 0) is 30.3 Å². The van der Waals surface area contributed by atoms with Crippen LogP contribution in [0.2, 0.25) is 0 Å². The van der Waals surface area contributed by atoms with Gasteiger partial charge in [0, 0.05) is 25.7 Å². The van der Waals surface area contributed by atoms with Gasteiger partial charge in [-0.1, -0.05) is 75.7 Å². The zero-order valence-electron chi connectivity index (χ0n) is 31.5. The number of nitrogens with one attached hydrogen (secondary N) is 1. The summed E-state index contributed by atoms with van der Waals surface area (Å²) < 4.78 is 58.2. The van der Waals surface area contributed by atoms with Crippen LogP contribution in [0.3, 0.4) is 0 Å². The smallest absolute Gasteiger partial charge is 0.339 e. The number of ether oxygens (including phenoxy) is 3. The van der Waals surface area contributed by atoms with Gasteiger partial charge in [-0.3, -0.25) is 9.18 Å². The number of rotatable bonds is 25. The van der Waals surface area contributed by atoms with Crippen molar-refractivity contribution in [3.8, 4) is 17.6 Å². The number of allylic oxidation sites excluding steroid dienone is 1. The Bertz CT molecular complexity index is 1270. The number of carbonyl (C=O) groups excluding carboxylic acids is 3. The lowest BCUT2D eigenvalue weighted by Gasteiger charge is -2.34. The van der Waals surface area contributed by atoms with Gasteiger partial charge in [0.15, 0.2) is 5.60 Å². The van der Waals surface area contributed by atoms with E-state index in [9.17, 15) is 32.7 Å². The molecule has 1 aromatic rings. The summed E-state index contributed by atoms with van der Waals surface area (Å²) in [6.07, 6.45) is 9.11. The van der Waals surface area contributed by atoms with Gasteiger partial charge in [-0.05, 0) is 71.1 Å². The SMILES string of the molecule is CC#CCOc1ccc(C[C@H](NC(=O)[C@@H](C=CCCCCCCC(F)(F)CCCCCCC)[C@@](O)(CCF)C(=O)OC(C)(C)C)C(=O)OC)cc1. The Kier molecular flexibility index (Phi) is 21.3. The van der Waals surface area contributed by atoms with Gasteiger partial charge in [0.2, 0.25) is 11.8 Å². The van der Waals surface area contributed by atoms with Gasteiger partial charge in [-0.15, -0.1) is 5.92 Å². The lowest BCUT2D eigenvalue weighted by atomic mass is 9.82. The van der Waals surface area contributed by atoms with Gasteiger partial charge in [0.25, 0.3) is 0 Å². The van der Waals surface area contributed by atoms with Gasteiger partial charge >= 0.3 is 11.9 Å². The van der Waals surface area contributed by atoms with E-state index in [0.29, 0.717) is 49.8 Å². The van der Waals surface area contributed by atoms with Crippen LogP contribution in [0.4, 0.5) is 13.2 Å². The number of aliphatic hydroxyl groups is 1. The molecule has 0 aliphatic carbocycles. The van der Waals surface area contributed by atoms with Crippen molar-refractivity contribution in [2.45, 2.75) is 148 Å². The zero-order valence-corrected chi connectivity index (χ0v) is 31.5. The molecule has 0 bridgehead atoms. The predicted octanol–water partition coefficient (Wildman–Crippen LogP) is 8.23. The van der Waals surface area contributed by atoms with Gasteiger partial charge in [0.1, 0.15) is 24.0 Å². The van der Waals surface area contributed by atoms with Crippen LogP contribution in [-0.4, -0.2) is 66.5 Å². The lowest BCUT2D eigenvalue weighted by molar-refractivity contribution is -0.184. The molecule has 11 heteroatoms. The maximum atomic E-state index is 14.2. The van der Waals surface area contributed by atoms with E-state index in [2.05, 4.69) is 24.1 Å². The first-order chi connectivity index (χ1) is 24.1. The molecule has 51 heavy (non-hydrogen) atoms. The Morgan fingerprint density at radius 2 is 1.55 bits per heavy atom. The number of hydrogen-bond donors (Lipinski definition) is 2. The Hall–Kier alpha value is -3.52. The highest BCUT2D eigenvalue weighted by molar-refractivity contribution is 5.93. The minimum Gasteiger partial charge on any atom is -0.481 e. The molecule has 0 spiro atoms. The van der Waals surface area contributed by atoms with E-state index in [0.717, 1.165) is 25.7 Å². The van der Waals surface area contributed by atoms with Crippen molar-refractivity contribution in [3.05, 3.63) is 42.0 Å². The van der Waals surface area contributed by atoms with Crippen LogP contribution in [0.15, 0.2) is 36.4 Å². The van der Waals surface area contributed by atoms with E-state index in [1.54, 1.807) is 58.0 Å². The number of benzene rings is 1. The minimum absolute atomic E-state index is 0.00970. The average Bonchev–Trinajstić information content (AvgIpc) is 3.06. The standard InChI is InChI=1S/C40H60F3NO7/c1-7-9-11-15-18-25-39(42,43)26-19-16-13-12-14-17-20-33(40(48,27-28-41)37(47)51-38(3,4)5)35(45)44-34(36(46)49-6)30-31-21-23-32(24-22-31)50-29-10-8-2/h17,20-24,33-34,48H,7,9,11-16,18-19,25-30H2,1-6H3,(H,44,45)/t33-,34+,40+/m1/s1. The third-order valence-electron chi connectivity index (χ3n) is 8.32. The van der Waals surface area contributed by atoms with Gasteiger partial charge in [0.05, 0.1) is 19.7 Å². The highest BCUT2D eigenvalue weighted by Gasteiger charge is 2.49. The van der Waals surface area contributed by atoms with Crippen molar-refractivity contribution >= 4 is 17.8 Å². The molecule has 8 nitrogen and oxygen atoms in total. The molecule has 0 saturated carbocycles. The van der Waals surface area contributed by atoms with Crippen LogP contribution < -0.4 is 10.1 Å². The minimum atomic E-state index is -2.67. The van der Waals surface area contributed by atoms with Crippen LogP contribution in [0, 0.1) is 17.8 Å². The van der Waals surface area contributed by atoms with E-state index in [-0.39, 0.29) is 25.9 Å². The molecule has 1 rings (SSSR count). The van der Waals surface area contributed by atoms with Crippen molar-refractivity contribution in [2.24, 2.45) is 5.92 Å². The molecule has 0 aliphatic rings. The fourth-order valence-electron chi connectivity index (χ4n) is 5.45. The Labute approximate surface area is 303 Å². The molecule has 288 valence electrons. The fraction of sp³-hybridized carbons (Fsp3) is 0.675. The maximum absolute atomic E-state index is 14.2. The maximum Gasteiger partial charge on any atom is 0.339 e. The summed E-state index contributed by atoms with van der Waals surface area (Å²) >= 11 is 0. The van der Waals surface area contributed by atoms with E-state index >= 15 is 0 Å². The molecule has 3 atom stereocenters. The summed E-state index contributed by atoms with van der Waals surface area (Å²) in [6.45, 7) is 7.61. The first-order valence-electron chi connectivity index (χ1n) is 18.2. The summed E-state index contributed by atoms with van der Waals surface area (Å²) in [5.74, 6) is -1.05. The van der Waals surface area contributed by atoms with Crippen molar-refractivity contribution in [1.82, 2.24) is 5.32 Å². The highest BCUT2D eigenvalue weighted by atomic mass is 19.3. The normalized spacial score (nSPS) is 14.2. The molecular formula is C40H60F3NO7. The van der Waals surface area contributed by atoms with Gasteiger partial charge < -0.3 is 24.6 Å². The van der Waals surface area contributed by atoms with Crippen molar-refractivity contribution < 1.29 is 46.9 Å². The molecule has 2 N–H and O–H groups in total. The molecule has 0 saturated heterocycles. The Morgan fingerprint density at radius 3 is 2.10 bits per heavy atom. The quantitative estimate of drug-likeness (QED) is 0.0453. The first-order valence-corrected chi connectivity index (χ1v) is 18.2. The molecule has 0 radical (unpaired) electrons. The second-order valence-electron chi connectivity index (χ2n) is 13.9. The molecule has 1 aromatic carbocycles. The van der Waals surface area contributed by atoms with Crippen molar-refractivity contribution in [2.75, 3.05) is 20.4 Å².